The molecule has 0 bridgehead atoms. The first-order valence-electron chi connectivity index (χ1n) is 8.45. The van der Waals surface area contributed by atoms with Crippen molar-refractivity contribution in [2.24, 2.45) is 5.92 Å². The number of aromatic nitrogens is 2. The van der Waals surface area contributed by atoms with Crippen molar-refractivity contribution < 1.29 is 4.79 Å². The zero-order valence-electron chi connectivity index (χ0n) is 14.6. The van der Waals surface area contributed by atoms with Crippen LogP contribution >= 0.6 is 22.9 Å². The van der Waals surface area contributed by atoms with Gasteiger partial charge in [-0.25, -0.2) is 0 Å². The standard InChI is InChI=1S/C20H20ClN3OS/c1-13(2)18(15-8-10-16(21)11-9-15)19(25)22-20-24-23-17(26-20)12-14-6-4-3-5-7-14/h3-11,13,18H,12H2,1-2H3,(H,22,24,25)/t18-/m1/s1. The third-order valence-electron chi connectivity index (χ3n) is 4.07. The molecule has 3 aromatic rings. The number of amides is 1. The molecule has 0 aliphatic rings. The van der Waals surface area contributed by atoms with Crippen LogP contribution in [0.4, 0.5) is 5.13 Å². The van der Waals surface area contributed by atoms with E-state index in [9.17, 15) is 4.79 Å². The van der Waals surface area contributed by atoms with Crippen LogP contribution in [0.5, 0.6) is 0 Å². The molecule has 4 nitrogen and oxygen atoms in total. The maximum Gasteiger partial charge on any atom is 0.234 e. The van der Waals surface area contributed by atoms with E-state index >= 15 is 0 Å². The number of nitrogens with zero attached hydrogens (tertiary/aromatic N) is 2. The van der Waals surface area contributed by atoms with Crippen LogP contribution in [-0.4, -0.2) is 16.1 Å². The Morgan fingerprint density at radius 2 is 1.77 bits per heavy atom. The van der Waals surface area contributed by atoms with Crippen LogP contribution in [-0.2, 0) is 11.2 Å². The smallest absolute Gasteiger partial charge is 0.234 e. The zero-order chi connectivity index (χ0) is 18.5. The minimum absolute atomic E-state index is 0.0790. The zero-order valence-corrected chi connectivity index (χ0v) is 16.2. The molecule has 3 rings (SSSR count). The topological polar surface area (TPSA) is 54.9 Å². The van der Waals surface area contributed by atoms with Gasteiger partial charge in [-0.05, 0) is 29.2 Å². The summed E-state index contributed by atoms with van der Waals surface area (Å²) in [5, 5.41) is 13.3. The summed E-state index contributed by atoms with van der Waals surface area (Å²) in [7, 11) is 0. The molecule has 6 heteroatoms. The van der Waals surface area contributed by atoms with E-state index in [0.29, 0.717) is 16.6 Å². The summed E-state index contributed by atoms with van der Waals surface area (Å²) in [5.74, 6) is -0.202. The third-order valence-corrected chi connectivity index (χ3v) is 5.16. The van der Waals surface area contributed by atoms with E-state index in [1.165, 1.54) is 16.9 Å². The Balaban J connectivity index is 1.71. The Morgan fingerprint density at radius 1 is 1.08 bits per heavy atom. The van der Waals surface area contributed by atoms with Gasteiger partial charge in [-0.1, -0.05) is 79.2 Å². The fraction of sp³-hybridized carbons (Fsp3) is 0.250. The number of rotatable bonds is 6. The van der Waals surface area contributed by atoms with Crippen molar-refractivity contribution >= 4 is 34.0 Å². The van der Waals surface area contributed by atoms with E-state index in [4.69, 9.17) is 11.6 Å². The lowest BCUT2D eigenvalue weighted by atomic mass is 9.88. The van der Waals surface area contributed by atoms with Crippen molar-refractivity contribution in [3.63, 3.8) is 0 Å². The van der Waals surface area contributed by atoms with Gasteiger partial charge in [0.2, 0.25) is 11.0 Å². The van der Waals surface area contributed by atoms with Crippen LogP contribution in [0.25, 0.3) is 0 Å². The molecule has 26 heavy (non-hydrogen) atoms. The van der Waals surface area contributed by atoms with Crippen LogP contribution in [0, 0.1) is 5.92 Å². The predicted molar refractivity (Wildman–Crippen MR) is 107 cm³/mol. The Morgan fingerprint density at radius 3 is 2.42 bits per heavy atom. The quantitative estimate of drug-likeness (QED) is 0.637. The number of anilines is 1. The molecule has 0 spiro atoms. The molecule has 0 fully saturated rings. The number of nitrogens with one attached hydrogen (secondary N) is 1. The van der Waals surface area contributed by atoms with Gasteiger partial charge in [-0.15, -0.1) is 10.2 Å². The van der Waals surface area contributed by atoms with E-state index in [2.05, 4.69) is 27.6 Å². The maximum atomic E-state index is 12.8. The Labute approximate surface area is 162 Å². The molecule has 0 saturated heterocycles. The van der Waals surface area contributed by atoms with Crippen LogP contribution in [0.2, 0.25) is 5.02 Å². The molecule has 1 atom stereocenters. The van der Waals surface area contributed by atoms with Gasteiger partial charge in [-0.3, -0.25) is 10.1 Å². The van der Waals surface area contributed by atoms with Crippen LogP contribution < -0.4 is 5.32 Å². The van der Waals surface area contributed by atoms with E-state index < -0.39 is 0 Å². The summed E-state index contributed by atoms with van der Waals surface area (Å²) in [4.78, 5) is 12.8. The van der Waals surface area contributed by atoms with Gasteiger partial charge < -0.3 is 0 Å². The van der Waals surface area contributed by atoms with Crippen LogP contribution in [0.15, 0.2) is 54.6 Å². The third kappa shape index (κ3) is 4.68. The number of carbonyl (C=O) groups is 1. The molecule has 1 amide bonds. The first kappa shape index (κ1) is 18.5. The highest BCUT2D eigenvalue weighted by Crippen LogP contribution is 2.28. The maximum absolute atomic E-state index is 12.8. The molecule has 0 radical (unpaired) electrons. The summed E-state index contributed by atoms with van der Waals surface area (Å²) in [5.41, 5.74) is 2.11. The van der Waals surface area contributed by atoms with Crippen LogP contribution in [0.3, 0.4) is 0 Å². The molecule has 1 N–H and O–H groups in total. The molecule has 1 heterocycles. The highest BCUT2D eigenvalue weighted by Gasteiger charge is 2.25. The van der Waals surface area contributed by atoms with Gasteiger partial charge in [0, 0.05) is 11.4 Å². The number of halogens is 1. The van der Waals surface area contributed by atoms with E-state index in [0.717, 1.165) is 10.6 Å². The lowest BCUT2D eigenvalue weighted by Crippen LogP contribution is -2.25. The molecular formula is C20H20ClN3OS. The number of carbonyl (C=O) groups excluding carboxylic acids is 1. The molecule has 0 aliphatic carbocycles. The first-order valence-corrected chi connectivity index (χ1v) is 9.65. The molecule has 134 valence electrons. The van der Waals surface area contributed by atoms with Gasteiger partial charge in [0.05, 0.1) is 5.92 Å². The van der Waals surface area contributed by atoms with E-state index in [1.54, 1.807) is 0 Å². The average molecular weight is 386 g/mol. The minimum atomic E-state index is -0.270. The fourth-order valence-corrected chi connectivity index (χ4v) is 3.74. The molecule has 0 saturated carbocycles. The predicted octanol–water partition coefficient (Wildman–Crippen LogP) is 5.16. The van der Waals surface area contributed by atoms with Crippen molar-refractivity contribution in [2.45, 2.75) is 26.2 Å². The van der Waals surface area contributed by atoms with Crippen molar-refractivity contribution in [1.82, 2.24) is 10.2 Å². The van der Waals surface area contributed by atoms with Gasteiger partial charge in [-0.2, -0.15) is 0 Å². The molecule has 0 unspecified atom stereocenters. The second kappa shape index (κ2) is 8.43. The highest BCUT2D eigenvalue weighted by atomic mass is 35.5. The largest absolute Gasteiger partial charge is 0.300 e. The van der Waals surface area contributed by atoms with Gasteiger partial charge in [0.25, 0.3) is 0 Å². The fourth-order valence-electron chi connectivity index (χ4n) is 2.84. The number of benzene rings is 2. The molecular weight excluding hydrogens is 366 g/mol. The summed E-state index contributed by atoms with van der Waals surface area (Å²) in [6.07, 6.45) is 0.708. The highest BCUT2D eigenvalue weighted by molar-refractivity contribution is 7.15. The van der Waals surface area contributed by atoms with E-state index in [1.807, 2.05) is 56.3 Å². The molecule has 1 aromatic heterocycles. The Kier molecular flexibility index (Phi) is 6.01. The number of hydrogen-bond acceptors (Lipinski definition) is 4. The van der Waals surface area contributed by atoms with Crippen LogP contribution in [0.1, 0.15) is 35.9 Å². The summed E-state index contributed by atoms with van der Waals surface area (Å²) >= 11 is 7.36. The summed E-state index contributed by atoms with van der Waals surface area (Å²) in [6, 6.07) is 17.5. The van der Waals surface area contributed by atoms with Gasteiger partial charge in [0.1, 0.15) is 5.01 Å². The number of hydrogen-bond donors (Lipinski definition) is 1. The minimum Gasteiger partial charge on any atom is -0.300 e. The summed E-state index contributed by atoms with van der Waals surface area (Å²) < 4.78 is 0. The normalized spacial score (nSPS) is 12.2. The average Bonchev–Trinajstić information content (AvgIpc) is 3.04. The van der Waals surface area contributed by atoms with Gasteiger partial charge >= 0.3 is 0 Å². The lowest BCUT2D eigenvalue weighted by molar-refractivity contribution is -0.118. The Hall–Kier alpha value is -2.24. The van der Waals surface area contributed by atoms with Crippen molar-refractivity contribution in [3.8, 4) is 0 Å². The molecule has 2 aromatic carbocycles. The second-order valence-corrected chi connectivity index (χ2v) is 7.92. The van der Waals surface area contributed by atoms with Crippen molar-refractivity contribution in [2.75, 3.05) is 5.32 Å². The van der Waals surface area contributed by atoms with Crippen molar-refractivity contribution in [1.29, 1.82) is 0 Å². The Bertz CT molecular complexity index is 862. The second-order valence-electron chi connectivity index (χ2n) is 6.43. The SMILES string of the molecule is CC(C)[C@@H](C(=O)Nc1nnc(Cc2ccccc2)s1)c1ccc(Cl)cc1. The first-order chi connectivity index (χ1) is 12.5. The van der Waals surface area contributed by atoms with E-state index in [-0.39, 0.29) is 17.7 Å². The van der Waals surface area contributed by atoms with Crippen molar-refractivity contribution in [3.05, 3.63) is 75.8 Å². The molecule has 0 aliphatic heterocycles. The van der Waals surface area contributed by atoms with Gasteiger partial charge in [0.15, 0.2) is 0 Å². The monoisotopic (exact) mass is 385 g/mol. The lowest BCUT2D eigenvalue weighted by Gasteiger charge is -2.20. The summed E-state index contributed by atoms with van der Waals surface area (Å²) in [6.45, 7) is 4.06.